The number of hydrogen-bond acceptors (Lipinski definition) is 6. The maximum absolute atomic E-state index is 12.4. The van der Waals surface area contributed by atoms with E-state index in [4.69, 9.17) is 9.26 Å². The summed E-state index contributed by atoms with van der Waals surface area (Å²) in [5, 5.41) is 9.58. The number of fused-ring (bicyclic) bond motifs is 1. The highest BCUT2D eigenvalue weighted by Crippen LogP contribution is 2.22. The van der Waals surface area contributed by atoms with E-state index < -0.39 is 0 Å². The summed E-state index contributed by atoms with van der Waals surface area (Å²) in [4.78, 5) is 16.7. The molecule has 1 aliphatic rings. The van der Waals surface area contributed by atoms with Crippen LogP contribution in [0.15, 0.2) is 39.8 Å². The topological polar surface area (TPSA) is 83.0 Å². The van der Waals surface area contributed by atoms with Crippen molar-refractivity contribution in [2.75, 3.05) is 13.2 Å². The van der Waals surface area contributed by atoms with Crippen molar-refractivity contribution >= 4 is 10.8 Å². The lowest BCUT2D eigenvalue weighted by atomic mass is 10.1. The third kappa shape index (κ3) is 2.29. The maximum Gasteiger partial charge on any atom is 0.275 e. The number of benzene rings is 1. The fraction of sp³-hybridized carbons (Fsp3) is 0.333. The van der Waals surface area contributed by atoms with Crippen LogP contribution in [0.3, 0.4) is 0 Å². The number of aromatic nitrogens is 4. The molecule has 0 saturated carbocycles. The fourth-order valence-electron chi connectivity index (χ4n) is 2.60. The molecular formula is C15H14N4O3. The molecule has 22 heavy (non-hydrogen) atoms. The van der Waals surface area contributed by atoms with Crippen molar-refractivity contribution in [3.63, 3.8) is 0 Å². The van der Waals surface area contributed by atoms with Crippen LogP contribution in [0.4, 0.5) is 0 Å². The molecule has 0 N–H and O–H groups in total. The second-order valence-electron chi connectivity index (χ2n) is 5.30. The highest BCUT2D eigenvalue weighted by molar-refractivity contribution is 5.80. The minimum atomic E-state index is -0.165. The van der Waals surface area contributed by atoms with Gasteiger partial charge < -0.3 is 9.26 Å². The van der Waals surface area contributed by atoms with Crippen molar-refractivity contribution in [2.24, 2.45) is 0 Å². The van der Waals surface area contributed by atoms with E-state index in [1.165, 1.54) is 4.68 Å². The summed E-state index contributed by atoms with van der Waals surface area (Å²) in [7, 11) is 0. The zero-order valence-corrected chi connectivity index (χ0v) is 11.8. The van der Waals surface area contributed by atoms with Crippen LogP contribution in [0.1, 0.15) is 24.1 Å². The van der Waals surface area contributed by atoms with Crippen LogP contribution in [0, 0.1) is 0 Å². The quantitative estimate of drug-likeness (QED) is 0.725. The molecule has 0 bridgehead atoms. The Morgan fingerprint density at radius 3 is 3.09 bits per heavy atom. The molecule has 1 unspecified atom stereocenters. The highest BCUT2D eigenvalue weighted by Gasteiger charge is 2.23. The minimum Gasteiger partial charge on any atom is -0.381 e. The summed E-state index contributed by atoms with van der Waals surface area (Å²) in [5.74, 6) is 1.20. The van der Waals surface area contributed by atoms with Crippen molar-refractivity contribution < 1.29 is 9.26 Å². The zero-order valence-electron chi connectivity index (χ0n) is 11.8. The molecule has 112 valence electrons. The lowest BCUT2D eigenvalue weighted by Crippen LogP contribution is -2.23. The number of nitrogens with zero attached hydrogens (tertiary/aromatic N) is 4. The molecule has 1 aromatic carbocycles. The normalized spacial score (nSPS) is 18.1. The van der Waals surface area contributed by atoms with Gasteiger partial charge >= 0.3 is 0 Å². The number of ether oxygens (including phenoxy) is 1. The molecule has 1 saturated heterocycles. The van der Waals surface area contributed by atoms with Gasteiger partial charge in [-0.05, 0) is 12.5 Å². The average Bonchev–Trinajstić information content (AvgIpc) is 3.21. The van der Waals surface area contributed by atoms with Crippen LogP contribution in [-0.2, 0) is 11.3 Å². The molecule has 7 nitrogen and oxygen atoms in total. The van der Waals surface area contributed by atoms with Crippen LogP contribution in [-0.4, -0.2) is 33.1 Å². The molecule has 4 rings (SSSR count). The second kappa shape index (κ2) is 5.34. The third-order valence-corrected chi connectivity index (χ3v) is 3.83. The summed E-state index contributed by atoms with van der Waals surface area (Å²) in [5.41, 5.74) is -0.165. The van der Waals surface area contributed by atoms with Gasteiger partial charge in [0.15, 0.2) is 5.82 Å². The van der Waals surface area contributed by atoms with Crippen LogP contribution < -0.4 is 5.56 Å². The van der Waals surface area contributed by atoms with Crippen molar-refractivity contribution in [2.45, 2.75) is 18.9 Å². The monoisotopic (exact) mass is 298 g/mol. The Morgan fingerprint density at radius 1 is 1.32 bits per heavy atom. The molecule has 1 fully saturated rings. The average molecular weight is 298 g/mol. The maximum atomic E-state index is 12.4. The number of hydrogen-bond donors (Lipinski definition) is 0. The van der Waals surface area contributed by atoms with Gasteiger partial charge in [0.05, 0.1) is 18.2 Å². The van der Waals surface area contributed by atoms with Gasteiger partial charge in [0, 0.05) is 17.9 Å². The van der Waals surface area contributed by atoms with E-state index in [9.17, 15) is 4.79 Å². The molecule has 7 heteroatoms. The van der Waals surface area contributed by atoms with Gasteiger partial charge in [-0.25, -0.2) is 4.68 Å². The van der Waals surface area contributed by atoms with Gasteiger partial charge in [0.2, 0.25) is 5.89 Å². The molecule has 0 radical (unpaired) electrons. The van der Waals surface area contributed by atoms with Crippen molar-refractivity contribution in [3.05, 3.63) is 52.5 Å². The standard InChI is InChI=1S/C15H14N4O3/c20-15-12-4-2-1-3-10(12)7-16-19(15)8-13-17-14(18-22-13)11-5-6-21-9-11/h1-4,7,11H,5-6,8-9H2. The van der Waals surface area contributed by atoms with E-state index in [-0.39, 0.29) is 18.0 Å². The Bertz CT molecular complexity index is 864. The summed E-state index contributed by atoms with van der Waals surface area (Å²) in [6, 6.07) is 7.35. The number of rotatable bonds is 3. The predicted molar refractivity (Wildman–Crippen MR) is 77.6 cm³/mol. The lowest BCUT2D eigenvalue weighted by Gasteiger charge is -2.02. The van der Waals surface area contributed by atoms with Gasteiger partial charge in [0.1, 0.15) is 6.54 Å². The van der Waals surface area contributed by atoms with Crippen LogP contribution >= 0.6 is 0 Å². The summed E-state index contributed by atoms with van der Waals surface area (Å²) in [6.45, 7) is 1.51. The third-order valence-electron chi connectivity index (χ3n) is 3.83. The van der Waals surface area contributed by atoms with E-state index in [0.717, 1.165) is 18.4 Å². The highest BCUT2D eigenvalue weighted by atomic mass is 16.5. The predicted octanol–water partition coefficient (Wildman–Crippen LogP) is 1.33. The van der Waals surface area contributed by atoms with Gasteiger partial charge in [-0.15, -0.1) is 0 Å². The van der Waals surface area contributed by atoms with Crippen LogP contribution in [0.2, 0.25) is 0 Å². The Morgan fingerprint density at radius 2 is 2.23 bits per heavy atom. The first-order valence-electron chi connectivity index (χ1n) is 7.16. The molecule has 2 aromatic heterocycles. The first kappa shape index (κ1) is 13.1. The Hall–Kier alpha value is -2.54. The van der Waals surface area contributed by atoms with Gasteiger partial charge in [0.25, 0.3) is 5.56 Å². The SMILES string of the molecule is O=c1c2ccccc2cnn1Cc1nc(C2CCOC2)no1. The first-order chi connectivity index (χ1) is 10.8. The Labute approximate surface area is 125 Å². The Kier molecular flexibility index (Phi) is 3.19. The summed E-state index contributed by atoms with van der Waals surface area (Å²) < 4.78 is 11.9. The second-order valence-corrected chi connectivity index (χ2v) is 5.30. The van der Waals surface area contributed by atoms with Crippen molar-refractivity contribution in [1.29, 1.82) is 0 Å². The first-order valence-corrected chi connectivity index (χ1v) is 7.16. The van der Waals surface area contributed by atoms with Gasteiger partial charge in [-0.1, -0.05) is 23.4 Å². The zero-order chi connectivity index (χ0) is 14.9. The van der Waals surface area contributed by atoms with E-state index >= 15 is 0 Å². The van der Waals surface area contributed by atoms with E-state index in [1.807, 2.05) is 18.2 Å². The van der Waals surface area contributed by atoms with Crippen LogP contribution in [0.5, 0.6) is 0 Å². The molecule has 1 aliphatic heterocycles. The smallest absolute Gasteiger partial charge is 0.275 e. The fourth-order valence-corrected chi connectivity index (χ4v) is 2.60. The van der Waals surface area contributed by atoms with E-state index in [1.54, 1.807) is 12.3 Å². The van der Waals surface area contributed by atoms with E-state index in [0.29, 0.717) is 23.7 Å². The summed E-state index contributed by atoms with van der Waals surface area (Å²) in [6.07, 6.45) is 2.56. The summed E-state index contributed by atoms with van der Waals surface area (Å²) >= 11 is 0. The molecular weight excluding hydrogens is 284 g/mol. The van der Waals surface area contributed by atoms with Crippen LogP contribution in [0.25, 0.3) is 10.8 Å². The van der Waals surface area contributed by atoms with Gasteiger partial charge in [-0.3, -0.25) is 4.79 Å². The largest absolute Gasteiger partial charge is 0.381 e. The molecule has 0 aliphatic carbocycles. The molecule has 3 heterocycles. The van der Waals surface area contributed by atoms with Gasteiger partial charge in [-0.2, -0.15) is 10.1 Å². The minimum absolute atomic E-state index is 0.165. The van der Waals surface area contributed by atoms with Crippen molar-refractivity contribution in [1.82, 2.24) is 19.9 Å². The molecule has 0 amide bonds. The molecule has 0 spiro atoms. The molecule has 3 aromatic rings. The van der Waals surface area contributed by atoms with E-state index in [2.05, 4.69) is 15.2 Å². The van der Waals surface area contributed by atoms with Crippen molar-refractivity contribution in [3.8, 4) is 0 Å². The Balaban J connectivity index is 1.63. The molecule has 1 atom stereocenters. The lowest BCUT2D eigenvalue weighted by molar-refractivity contribution is 0.192.